The molecule has 138 valence electrons. The fraction of sp³-hybridized carbons (Fsp3) is 0.471. The number of alkyl halides is 2. The van der Waals surface area contributed by atoms with Crippen LogP contribution >= 0.6 is 0 Å². The number of amides is 1. The Balaban J connectivity index is 2.21. The molecule has 1 aromatic carbocycles. The fourth-order valence-corrected chi connectivity index (χ4v) is 2.38. The molecular weight excluding hydrogens is 342 g/mol. The second-order valence-corrected chi connectivity index (χ2v) is 6.55. The fourth-order valence-electron chi connectivity index (χ4n) is 2.38. The van der Waals surface area contributed by atoms with E-state index >= 15 is 0 Å². The van der Waals surface area contributed by atoms with Crippen molar-refractivity contribution in [2.45, 2.75) is 39.4 Å². The third-order valence-electron chi connectivity index (χ3n) is 3.45. The molecule has 0 unspecified atom stereocenters. The van der Waals surface area contributed by atoms with Gasteiger partial charge < -0.3 is 14.4 Å². The summed E-state index contributed by atoms with van der Waals surface area (Å²) in [5, 5.41) is 0. The van der Waals surface area contributed by atoms with E-state index < -0.39 is 35.7 Å². The number of carbonyl (C=O) groups is 1. The van der Waals surface area contributed by atoms with E-state index in [4.69, 9.17) is 4.74 Å². The smallest absolute Gasteiger partial charge is 0.410 e. The molecule has 1 aliphatic rings. The molecule has 0 bridgehead atoms. The van der Waals surface area contributed by atoms with Crippen molar-refractivity contribution in [2.75, 3.05) is 13.1 Å². The molecule has 25 heavy (non-hydrogen) atoms. The molecule has 1 aliphatic heterocycles. The van der Waals surface area contributed by atoms with Crippen LogP contribution in [0.25, 0.3) is 5.57 Å². The summed E-state index contributed by atoms with van der Waals surface area (Å²) in [7, 11) is 0. The minimum atomic E-state index is -3.16. The Labute approximate surface area is 143 Å². The van der Waals surface area contributed by atoms with E-state index in [0.29, 0.717) is 11.6 Å². The lowest BCUT2D eigenvalue weighted by atomic mass is 9.98. The van der Waals surface area contributed by atoms with Gasteiger partial charge in [-0.05, 0) is 38.8 Å². The van der Waals surface area contributed by atoms with Gasteiger partial charge in [0.1, 0.15) is 11.4 Å². The highest BCUT2D eigenvalue weighted by Crippen LogP contribution is 2.33. The standard InChI is InChI=1S/C17H19F4NO3/c1-17(2,3)25-16(23)22-6-4-10(5-7-22)11-8-12(18)13(19)9-14(11)24-15(20)21/h4,8-9,15H,5-7H2,1-3H3. The zero-order valence-electron chi connectivity index (χ0n) is 14.1. The molecule has 8 heteroatoms. The minimum absolute atomic E-state index is 0.0445. The van der Waals surface area contributed by atoms with E-state index in [1.54, 1.807) is 26.8 Å². The lowest BCUT2D eigenvalue weighted by Crippen LogP contribution is -2.39. The molecule has 0 spiro atoms. The Kier molecular flexibility index (Phi) is 5.59. The predicted molar refractivity (Wildman–Crippen MR) is 83.4 cm³/mol. The molecule has 0 aromatic heterocycles. The van der Waals surface area contributed by atoms with Crippen LogP contribution < -0.4 is 4.74 Å². The summed E-state index contributed by atoms with van der Waals surface area (Å²) in [5.74, 6) is -2.87. The Hall–Kier alpha value is -2.25. The molecule has 1 amide bonds. The molecule has 4 nitrogen and oxygen atoms in total. The molecule has 2 rings (SSSR count). The van der Waals surface area contributed by atoms with Crippen LogP contribution in [0.15, 0.2) is 18.2 Å². The van der Waals surface area contributed by atoms with Crippen molar-refractivity contribution in [3.05, 3.63) is 35.4 Å². The number of carbonyl (C=O) groups excluding carboxylic acids is 1. The summed E-state index contributed by atoms with van der Waals surface area (Å²) in [6, 6.07) is 1.42. The molecule has 0 saturated heterocycles. The summed E-state index contributed by atoms with van der Waals surface area (Å²) >= 11 is 0. The molecule has 1 heterocycles. The lowest BCUT2D eigenvalue weighted by molar-refractivity contribution is -0.0502. The number of benzene rings is 1. The number of ether oxygens (including phenoxy) is 2. The second-order valence-electron chi connectivity index (χ2n) is 6.55. The largest absolute Gasteiger partial charge is 0.444 e. The molecular formula is C17H19F4NO3. The van der Waals surface area contributed by atoms with Crippen LogP contribution in [0.1, 0.15) is 32.8 Å². The Bertz CT molecular complexity index is 683. The van der Waals surface area contributed by atoms with Gasteiger partial charge in [0.05, 0.1) is 0 Å². The van der Waals surface area contributed by atoms with E-state index in [-0.39, 0.29) is 25.1 Å². The summed E-state index contributed by atoms with van der Waals surface area (Å²) in [6.45, 7) is 2.49. The van der Waals surface area contributed by atoms with E-state index in [0.717, 1.165) is 6.07 Å². The molecule has 0 radical (unpaired) electrons. The molecule has 0 N–H and O–H groups in total. The highest BCUT2D eigenvalue weighted by Gasteiger charge is 2.25. The van der Waals surface area contributed by atoms with Crippen molar-refractivity contribution < 1.29 is 31.8 Å². The zero-order chi connectivity index (χ0) is 18.8. The van der Waals surface area contributed by atoms with Gasteiger partial charge in [0, 0.05) is 24.7 Å². The van der Waals surface area contributed by atoms with Crippen LogP contribution in [0, 0.1) is 11.6 Å². The average Bonchev–Trinajstić information content (AvgIpc) is 2.48. The van der Waals surface area contributed by atoms with Crippen molar-refractivity contribution in [1.29, 1.82) is 0 Å². The first-order chi connectivity index (χ1) is 11.6. The van der Waals surface area contributed by atoms with Gasteiger partial charge in [-0.2, -0.15) is 8.78 Å². The van der Waals surface area contributed by atoms with Gasteiger partial charge in [0.25, 0.3) is 0 Å². The highest BCUT2D eigenvalue weighted by atomic mass is 19.3. The van der Waals surface area contributed by atoms with Gasteiger partial charge in [-0.3, -0.25) is 0 Å². The number of nitrogens with zero attached hydrogens (tertiary/aromatic N) is 1. The van der Waals surface area contributed by atoms with E-state index in [1.807, 2.05) is 0 Å². The van der Waals surface area contributed by atoms with Gasteiger partial charge >= 0.3 is 12.7 Å². The summed E-state index contributed by atoms with van der Waals surface area (Å²) in [6.07, 6.45) is 1.35. The number of hydrogen-bond donors (Lipinski definition) is 0. The lowest BCUT2D eigenvalue weighted by Gasteiger charge is -2.30. The number of rotatable bonds is 3. The van der Waals surface area contributed by atoms with Crippen molar-refractivity contribution in [2.24, 2.45) is 0 Å². The summed E-state index contributed by atoms with van der Waals surface area (Å²) in [4.78, 5) is 13.4. The van der Waals surface area contributed by atoms with Crippen LogP contribution in [-0.4, -0.2) is 36.3 Å². The van der Waals surface area contributed by atoms with Gasteiger partial charge in [0.2, 0.25) is 0 Å². The zero-order valence-corrected chi connectivity index (χ0v) is 14.1. The van der Waals surface area contributed by atoms with Crippen LogP contribution in [0.5, 0.6) is 5.75 Å². The second kappa shape index (κ2) is 7.33. The first-order valence-corrected chi connectivity index (χ1v) is 7.68. The first-order valence-electron chi connectivity index (χ1n) is 7.68. The summed E-state index contributed by atoms with van der Waals surface area (Å²) in [5.41, 5.74) is -0.100. The predicted octanol–water partition coefficient (Wildman–Crippen LogP) is 4.59. The van der Waals surface area contributed by atoms with Crippen LogP contribution in [0.4, 0.5) is 22.4 Å². The highest BCUT2D eigenvalue weighted by molar-refractivity contribution is 5.75. The first kappa shape index (κ1) is 19.1. The number of hydrogen-bond acceptors (Lipinski definition) is 3. The third-order valence-corrected chi connectivity index (χ3v) is 3.45. The topological polar surface area (TPSA) is 38.8 Å². The van der Waals surface area contributed by atoms with Gasteiger partial charge in [-0.25, -0.2) is 13.6 Å². The van der Waals surface area contributed by atoms with Crippen molar-refractivity contribution in [3.63, 3.8) is 0 Å². The summed E-state index contributed by atoms with van der Waals surface area (Å²) < 4.78 is 61.4. The normalized spacial score (nSPS) is 15.2. The molecule has 0 saturated carbocycles. The minimum Gasteiger partial charge on any atom is -0.444 e. The van der Waals surface area contributed by atoms with Gasteiger partial charge in [-0.15, -0.1) is 0 Å². The van der Waals surface area contributed by atoms with Crippen molar-refractivity contribution >= 4 is 11.7 Å². The average molecular weight is 361 g/mol. The van der Waals surface area contributed by atoms with Crippen LogP contribution in [0.3, 0.4) is 0 Å². The van der Waals surface area contributed by atoms with Crippen LogP contribution in [-0.2, 0) is 4.74 Å². The molecule has 1 aromatic rings. The van der Waals surface area contributed by atoms with Crippen LogP contribution in [0.2, 0.25) is 0 Å². The Morgan fingerprint density at radius 3 is 2.36 bits per heavy atom. The van der Waals surface area contributed by atoms with Gasteiger partial charge in [-0.1, -0.05) is 6.08 Å². The Morgan fingerprint density at radius 2 is 1.84 bits per heavy atom. The third kappa shape index (κ3) is 5.11. The molecule has 0 aliphatic carbocycles. The van der Waals surface area contributed by atoms with Crippen molar-refractivity contribution in [3.8, 4) is 5.75 Å². The number of halogens is 4. The van der Waals surface area contributed by atoms with Gasteiger partial charge in [0.15, 0.2) is 11.6 Å². The molecule has 0 atom stereocenters. The monoisotopic (exact) mass is 361 g/mol. The van der Waals surface area contributed by atoms with E-state index in [2.05, 4.69) is 4.74 Å². The maximum Gasteiger partial charge on any atom is 0.410 e. The molecule has 0 fully saturated rings. The SMILES string of the molecule is CC(C)(C)OC(=O)N1CC=C(c2cc(F)c(F)cc2OC(F)F)CC1. The maximum absolute atomic E-state index is 13.5. The van der Waals surface area contributed by atoms with E-state index in [9.17, 15) is 22.4 Å². The van der Waals surface area contributed by atoms with Crippen molar-refractivity contribution in [1.82, 2.24) is 4.90 Å². The van der Waals surface area contributed by atoms with E-state index in [1.165, 1.54) is 4.90 Å². The quantitative estimate of drug-likeness (QED) is 0.739. The maximum atomic E-state index is 13.5. The Morgan fingerprint density at radius 1 is 1.20 bits per heavy atom.